The van der Waals surface area contributed by atoms with Gasteiger partial charge in [0.15, 0.2) is 5.84 Å². The normalized spacial score (nSPS) is 11.4. The Bertz CT molecular complexity index is 299. The monoisotopic (exact) mass is 194 g/mol. The summed E-state index contributed by atoms with van der Waals surface area (Å²) in [5.41, 5.74) is 1.03. The van der Waals surface area contributed by atoms with Gasteiger partial charge in [-0.15, -0.1) is 0 Å². The summed E-state index contributed by atoms with van der Waals surface area (Å²) in [6.45, 7) is 0.206. The molecule has 0 fully saturated rings. The fourth-order valence-electron chi connectivity index (χ4n) is 1.08. The average Bonchev–Trinajstić information content (AvgIpc) is 2.21. The molecule has 0 aliphatic carbocycles. The predicted octanol–water partition coefficient (Wildman–Crippen LogP) is -0.373. The molecule has 14 heavy (non-hydrogen) atoms. The van der Waals surface area contributed by atoms with E-state index in [1.54, 1.807) is 0 Å². The van der Waals surface area contributed by atoms with E-state index in [4.69, 9.17) is 16.8 Å². The zero-order chi connectivity index (χ0) is 10.4. The van der Waals surface area contributed by atoms with E-state index in [-0.39, 0.29) is 12.4 Å². The number of nitrogens with zero attached hydrogens (tertiary/aromatic N) is 2. The first-order chi connectivity index (χ1) is 6.77. The van der Waals surface area contributed by atoms with E-state index in [0.717, 1.165) is 5.56 Å². The van der Waals surface area contributed by atoms with Crippen molar-refractivity contribution < 1.29 is 5.11 Å². The van der Waals surface area contributed by atoms with Gasteiger partial charge in [0.1, 0.15) is 6.61 Å². The van der Waals surface area contributed by atoms with Crippen molar-refractivity contribution in [3.63, 3.8) is 0 Å². The standard InChI is InChI=1S/C9H14N4O/c10-12-9(7-14)13(11)6-8-4-2-1-3-5-8/h1-5,14H,6-7,10-11H2/b12-9-. The van der Waals surface area contributed by atoms with Crippen LogP contribution in [0.1, 0.15) is 5.56 Å². The number of benzene rings is 1. The third-order valence-corrected chi connectivity index (χ3v) is 1.82. The van der Waals surface area contributed by atoms with E-state index in [9.17, 15) is 0 Å². The van der Waals surface area contributed by atoms with Gasteiger partial charge in [0.05, 0.1) is 6.54 Å². The summed E-state index contributed by atoms with van der Waals surface area (Å²) in [7, 11) is 0. The van der Waals surface area contributed by atoms with Gasteiger partial charge in [0.25, 0.3) is 0 Å². The van der Waals surface area contributed by atoms with E-state index >= 15 is 0 Å². The highest BCUT2D eigenvalue weighted by Gasteiger charge is 2.05. The molecule has 0 aliphatic rings. The van der Waals surface area contributed by atoms with E-state index in [2.05, 4.69) is 5.10 Å². The Kier molecular flexibility index (Phi) is 3.90. The summed E-state index contributed by atoms with van der Waals surface area (Å²) in [6.07, 6.45) is 0. The van der Waals surface area contributed by atoms with Gasteiger partial charge in [0, 0.05) is 0 Å². The second kappa shape index (κ2) is 5.21. The number of hydrazone groups is 1. The lowest BCUT2D eigenvalue weighted by Crippen LogP contribution is -2.39. The van der Waals surface area contributed by atoms with Crippen LogP contribution >= 0.6 is 0 Å². The van der Waals surface area contributed by atoms with Crippen LogP contribution in [0.5, 0.6) is 0 Å². The molecule has 5 nitrogen and oxygen atoms in total. The minimum Gasteiger partial charge on any atom is -0.388 e. The number of nitrogens with two attached hydrogens (primary N) is 2. The number of hydrazine groups is 1. The lowest BCUT2D eigenvalue weighted by Gasteiger charge is -2.18. The highest BCUT2D eigenvalue weighted by molar-refractivity contribution is 5.82. The Morgan fingerprint density at radius 1 is 1.36 bits per heavy atom. The predicted molar refractivity (Wildman–Crippen MR) is 54.9 cm³/mol. The molecule has 0 saturated carbocycles. The number of amidine groups is 1. The molecule has 0 unspecified atom stereocenters. The Morgan fingerprint density at radius 3 is 2.50 bits per heavy atom. The number of hydrogen-bond donors (Lipinski definition) is 3. The van der Waals surface area contributed by atoms with E-state index < -0.39 is 0 Å². The van der Waals surface area contributed by atoms with Gasteiger partial charge in [0.2, 0.25) is 0 Å². The van der Waals surface area contributed by atoms with Crippen LogP contribution in [0.4, 0.5) is 0 Å². The second-order valence-electron chi connectivity index (χ2n) is 2.82. The summed E-state index contributed by atoms with van der Waals surface area (Å²) in [4.78, 5) is 0. The number of aliphatic hydroxyl groups excluding tert-OH is 1. The molecule has 0 spiro atoms. The molecule has 0 atom stereocenters. The third-order valence-electron chi connectivity index (χ3n) is 1.82. The number of rotatable bonds is 3. The average molecular weight is 194 g/mol. The van der Waals surface area contributed by atoms with Gasteiger partial charge in [-0.1, -0.05) is 30.3 Å². The Hall–Kier alpha value is -1.59. The largest absolute Gasteiger partial charge is 0.388 e. The SMILES string of the molecule is N/N=C(/CO)N(N)Cc1ccccc1. The maximum atomic E-state index is 8.84. The quantitative estimate of drug-likeness (QED) is 0.265. The van der Waals surface area contributed by atoms with Crippen LogP contribution in [0.3, 0.4) is 0 Å². The number of aliphatic hydroxyl groups is 1. The van der Waals surface area contributed by atoms with E-state index in [1.165, 1.54) is 5.01 Å². The molecule has 0 saturated heterocycles. The molecule has 0 aromatic heterocycles. The van der Waals surface area contributed by atoms with E-state index in [1.807, 2.05) is 30.3 Å². The minimum atomic E-state index is -0.264. The van der Waals surface area contributed by atoms with Crippen LogP contribution in [0.25, 0.3) is 0 Å². The molecule has 5 N–H and O–H groups in total. The van der Waals surface area contributed by atoms with Crippen LogP contribution in [0, 0.1) is 0 Å². The minimum absolute atomic E-state index is 0.258. The second-order valence-corrected chi connectivity index (χ2v) is 2.82. The fraction of sp³-hybridized carbons (Fsp3) is 0.222. The van der Waals surface area contributed by atoms with Gasteiger partial charge in [-0.3, -0.25) is 5.01 Å². The molecule has 1 aromatic rings. The first-order valence-corrected chi connectivity index (χ1v) is 4.21. The Labute approximate surface area is 82.6 Å². The van der Waals surface area contributed by atoms with Gasteiger partial charge >= 0.3 is 0 Å². The lowest BCUT2D eigenvalue weighted by molar-refractivity contribution is 0.318. The van der Waals surface area contributed by atoms with Crippen LogP contribution in [-0.2, 0) is 6.54 Å². The van der Waals surface area contributed by atoms with Crippen molar-refractivity contribution in [3.8, 4) is 0 Å². The summed E-state index contributed by atoms with van der Waals surface area (Å²) in [5, 5.41) is 13.5. The Balaban J connectivity index is 2.61. The molecule has 0 heterocycles. The van der Waals surface area contributed by atoms with Crippen LogP contribution in [0.15, 0.2) is 35.4 Å². The molecule has 0 aliphatic heterocycles. The maximum absolute atomic E-state index is 8.84. The molecule has 0 radical (unpaired) electrons. The van der Waals surface area contributed by atoms with Crippen molar-refractivity contribution in [3.05, 3.63) is 35.9 Å². The van der Waals surface area contributed by atoms with Crippen molar-refractivity contribution in [1.82, 2.24) is 5.01 Å². The maximum Gasteiger partial charge on any atom is 0.164 e. The summed E-state index contributed by atoms with van der Waals surface area (Å²) >= 11 is 0. The fourth-order valence-corrected chi connectivity index (χ4v) is 1.08. The van der Waals surface area contributed by atoms with E-state index in [0.29, 0.717) is 6.54 Å². The highest BCUT2D eigenvalue weighted by atomic mass is 16.3. The smallest absolute Gasteiger partial charge is 0.164 e. The van der Waals surface area contributed by atoms with Crippen LogP contribution in [-0.4, -0.2) is 22.6 Å². The zero-order valence-electron chi connectivity index (χ0n) is 7.80. The Morgan fingerprint density at radius 2 is 2.00 bits per heavy atom. The summed E-state index contributed by atoms with van der Waals surface area (Å²) in [5.74, 6) is 10.9. The molecular weight excluding hydrogens is 180 g/mol. The van der Waals surface area contributed by atoms with Crippen molar-refractivity contribution in [2.24, 2.45) is 16.8 Å². The van der Waals surface area contributed by atoms with Crippen molar-refractivity contribution in [2.45, 2.75) is 6.54 Å². The molecule has 1 rings (SSSR count). The summed E-state index contributed by atoms with van der Waals surface area (Å²) in [6, 6.07) is 9.63. The summed E-state index contributed by atoms with van der Waals surface area (Å²) < 4.78 is 0. The molecule has 76 valence electrons. The van der Waals surface area contributed by atoms with Crippen molar-refractivity contribution >= 4 is 5.84 Å². The van der Waals surface area contributed by atoms with Crippen LogP contribution in [0.2, 0.25) is 0 Å². The first kappa shape index (κ1) is 10.5. The van der Waals surface area contributed by atoms with Gasteiger partial charge in [-0.25, -0.2) is 5.84 Å². The van der Waals surface area contributed by atoms with Gasteiger partial charge < -0.3 is 10.9 Å². The molecule has 0 amide bonds. The zero-order valence-corrected chi connectivity index (χ0v) is 7.80. The molecule has 0 bridgehead atoms. The first-order valence-electron chi connectivity index (χ1n) is 4.21. The molecule has 1 aromatic carbocycles. The van der Waals surface area contributed by atoms with Crippen LogP contribution < -0.4 is 11.7 Å². The molecule has 5 heteroatoms. The highest BCUT2D eigenvalue weighted by Crippen LogP contribution is 2.01. The molecular formula is C9H14N4O. The number of hydrogen-bond acceptors (Lipinski definition) is 4. The van der Waals surface area contributed by atoms with Gasteiger partial charge in [-0.2, -0.15) is 5.10 Å². The third kappa shape index (κ3) is 2.72. The van der Waals surface area contributed by atoms with Crippen molar-refractivity contribution in [2.75, 3.05) is 6.61 Å². The van der Waals surface area contributed by atoms with Crippen molar-refractivity contribution in [1.29, 1.82) is 0 Å². The van der Waals surface area contributed by atoms with Gasteiger partial charge in [-0.05, 0) is 5.56 Å². The lowest BCUT2D eigenvalue weighted by atomic mass is 10.2. The topological polar surface area (TPSA) is 87.9 Å².